The van der Waals surface area contributed by atoms with Gasteiger partial charge in [-0.25, -0.2) is 0 Å². The summed E-state index contributed by atoms with van der Waals surface area (Å²) in [5.41, 5.74) is 0. The lowest BCUT2D eigenvalue weighted by molar-refractivity contribution is -0.139. The van der Waals surface area contributed by atoms with E-state index in [0.717, 1.165) is 25.8 Å². The van der Waals surface area contributed by atoms with Gasteiger partial charge in [0.05, 0.1) is 5.92 Å². The van der Waals surface area contributed by atoms with Crippen molar-refractivity contribution in [2.24, 2.45) is 5.92 Å². The Morgan fingerprint density at radius 1 is 1.39 bits per heavy atom. The van der Waals surface area contributed by atoms with Crippen molar-refractivity contribution in [1.82, 2.24) is 9.80 Å². The first-order valence-corrected chi connectivity index (χ1v) is 6.54. The van der Waals surface area contributed by atoms with Crippen LogP contribution in [0.5, 0.6) is 0 Å². The third kappa shape index (κ3) is 4.29. The highest BCUT2D eigenvalue weighted by molar-refractivity contribution is 5.81. The van der Waals surface area contributed by atoms with Crippen LogP contribution in [0.4, 0.5) is 0 Å². The molecule has 1 aliphatic heterocycles. The number of hydrogen-bond acceptors (Lipinski definition) is 3. The molecule has 0 aromatic heterocycles. The van der Waals surface area contributed by atoms with Crippen LogP contribution in [-0.4, -0.2) is 62.5 Å². The van der Waals surface area contributed by atoms with Crippen LogP contribution in [-0.2, 0) is 14.3 Å². The summed E-state index contributed by atoms with van der Waals surface area (Å²) in [7, 11) is 5.17. The minimum Gasteiger partial charge on any atom is -0.385 e. The summed E-state index contributed by atoms with van der Waals surface area (Å²) in [6.45, 7) is 1.96. The molecule has 1 fully saturated rings. The molecule has 1 saturated heterocycles. The van der Waals surface area contributed by atoms with Gasteiger partial charge in [0, 0.05) is 47.3 Å². The number of carbonyl (C=O) groups excluding carboxylic acids is 2. The highest BCUT2D eigenvalue weighted by atomic mass is 16.5. The van der Waals surface area contributed by atoms with Gasteiger partial charge in [-0.15, -0.1) is 0 Å². The van der Waals surface area contributed by atoms with Gasteiger partial charge in [0.2, 0.25) is 11.8 Å². The molecule has 0 saturated carbocycles. The standard InChI is InChI=1S/C13H24N2O3/c1-14(2)13(17)11-6-4-8-15(10-11)12(16)7-5-9-18-3/h11H,4-10H2,1-3H3. The average Bonchev–Trinajstić information content (AvgIpc) is 2.38. The zero-order valence-corrected chi connectivity index (χ0v) is 11.6. The van der Waals surface area contributed by atoms with Gasteiger partial charge in [-0.05, 0) is 19.3 Å². The molecule has 1 aliphatic rings. The van der Waals surface area contributed by atoms with Crippen LogP contribution in [0.2, 0.25) is 0 Å². The largest absolute Gasteiger partial charge is 0.385 e. The van der Waals surface area contributed by atoms with E-state index in [0.29, 0.717) is 19.6 Å². The number of carbonyl (C=O) groups is 2. The number of piperidine rings is 1. The molecule has 2 amide bonds. The molecule has 18 heavy (non-hydrogen) atoms. The first-order valence-electron chi connectivity index (χ1n) is 6.54. The maximum absolute atomic E-state index is 12.0. The summed E-state index contributed by atoms with van der Waals surface area (Å²) < 4.78 is 4.94. The number of nitrogens with zero attached hydrogens (tertiary/aromatic N) is 2. The Labute approximate surface area is 109 Å². The lowest BCUT2D eigenvalue weighted by Crippen LogP contribution is -2.45. The van der Waals surface area contributed by atoms with Crippen LogP contribution in [0.25, 0.3) is 0 Å². The van der Waals surface area contributed by atoms with E-state index in [-0.39, 0.29) is 17.7 Å². The van der Waals surface area contributed by atoms with Gasteiger partial charge in [-0.3, -0.25) is 9.59 Å². The molecule has 5 heteroatoms. The van der Waals surface area contributed by atoms with E-state index in [1.807, 2.05) is 4.90 Å². The third-order valence-electron chi connectivity index (χ3n) is 3.30. The van der Waals surface area contributed by atoms with Crippen molar-refractivity contribution >= 4 is 11.8 Å². The molecule has 0 aliphatic carbocycles. The number of ether oxygens (including phenoxy) is 1. The smallest absolute Gasteiger partial charge is 0.226 e. The van der Waals surface area contributed by atoms with E-state index >= 15 is 0 Å². The van der Waals surface area contributed by atoms with Crippen molar-refractivity contribution in [2.45, 2.75) is 25.7 Å². The quantitative estimate of drug-likeness (QED) is 0.682. The van der Waals surface area contributed by atoms with Crippen LogP contribution >= 0.6 is 0 Å². The number of methoxy groups -OCH3 is 1. The minimum absolute atomic E-state index is 0.0277. The van der Waals surface area contributed by atoms with Crippen LogP contribution in [0.1, 0.15) is 25.7 Å². The Bertz CT molecular complexity index is 292. The molecule has 0 radical (unpaired) electrons. The Hall–Kier alpha value is -1.10. The van der Waals surface area contributed by atoms with Gasteiger partial charge in [-0.2, -0.15) is 0 Å². The molecule has 5 nitrogen and oxygen atoms in total. The second-order valence-corrected chi connectivity index (χ2v) is 5.01. The number of likely N-dealkylation sites (tertiary alicyclic amines) is 1. The highest BCUT2D eigenvalue weighted by Crippen LogP contribution is 2.19. The molecular weight excluding hydrogens is 232 g/mol. The topological polar surface area (TPSA) is 49.9 Å². The Morgan fingerprint density at radius 3 is 2.72 bits per heavy atom. The fourth-order valence-corrected chi connectivity index (χ4v) is 2.30. The summed E-state index contributed by atoms with van der Waals surface area (Å²) in [6, 6.07) is 0. The number of amides is 2. The molecule has 0 aromatic rings. The normalized spacial score (nSPS) is 19.7. The minimum atomic E-state index is -0.0277. The van der Waals surface area contributed by atoms with Crippen molar-refractivity contribution < 1.29 is 14.3 Å². The van der Waals surface area contributed by atoms with Gasteiger partial charge < -0.3 is 14.5 Å². The summed E-state index contributed by atoms with van der Waals surface area (Å²) in [5.74, 6) is 0.243. The number of hydrogen-bond donors (Lipinski definition) is 0. The molecule has 0 bridgehead atoms. The van der Waals surface area contributed by atoms with Gasteiger partial charge in [0.25, 0.3) is 0 Å². The van der Waals surface area contributed by atoms with Gasteiger partial charge >= 0.3 is 0 Å². The second-order valence-electron chi connectivity index (χ2n) is 5.01. The van der Waals surface area contributed by atoms with E-state index in [1.54, 1.807) is 26.1 Å². The first-order chi connectivity index (χ1) is 8.56. The zero-order chi connectivity index (χ0) is 13.5. The lowest BCUT2D eigenvalue weighted by atomic mass is 9.96. The Kier molecular flexibility index (Phi) is 6.12. The fourth-order valence-electron chi connectivity index (χ4n) is 2.30. The Morgan fingerprint density at radius 2 is 2.11 bits per heavy atom. The molecule has 1 atom stereocenters. The summed E-state index contributed by atoms with van der Waals surface area (Å²) >= 11 is 0. The molecule has 1 rings (SSSR count). The van der Waals surface area contributed by atoms with E-state index in [9.17, 15) is 9.59 Å². The molecule has 0 N–H and O–H groups in total. The fraction of sp³-hybridized carbons (Fsp3) is 0.846. The second kappa shape index (κ2) is 7.36. The average molecular weight is 256 g/mol. The predicted molar refractivity (Wildman–Crippen MR) is 69.1 cm³/mol. The summed E-state index contributed by atoms with van der Waals surface area (Å²) in [5, 5.41) is 0. The van der Waals surface area contributed by atoms with Gasteiger partial charge in [-0.1, -0.05) is 0 Å². The SMILES string of the molecule is COCCCC(=O)N1CCCC(C(=O)N(C)C)C1. The van der Waals surface area contributed by atoms with Gasteiger partial charge in [0.1, 0.15) is 0 Å². The first kappa shape index (κ1) is 15.0. The summed E-state index contributed by atoms with van der Waals surface area (Å²) in [4.78, 5) is 27.3. The van der Waals surface area contributed by atoms with Crippen molar-refractivity contribution in [3.05, 3.63) is 0 Å². The number of rotatable bonds is 5. The van der Waals surface area contributed by atoms with Gasteiger partial charge in [0.15, 0.2) is 0 Å². The van der Waals surface area contributed by atoms with Crippen molar-refractivity contribution in [1.29, 1.82) is 0 Å². The Balaban J connectivity index is 2.43. The molecule has 0 spiro atoms. The zero-order valence-electron chi connectivity index (χ0n) is 11.6. The molecule has 1 heterocycles. The van der Waals surface area contributed by atoms with Crippen LogP contribution in [0.15, 0.2) is 0 Å². The van der Waals surface area contributed by atoms with Crippen molar-refractivity contribution in [3.8, 4) is 0 Å². The lowest BCUT2D eigenvalue weighted by Gasteiger charge is -2.33. The van der Waals surface area contributed by atoms with Crippen molar-refractivity contribution in [2.75, 3.05) is 40.9 Å². The maximum Gasteiger partial charge on any atom is 0.226 e. The van der Waals surface area contributed by atoms with E-state index in [1.165, 1.54) is 0 Å². The van der Waals surface area contributed by atoms with E-state index in [4.69, 9.17) is 4.74 Å². The maximum atomic E-state index is 12.0. The highest BCUT2D eigenvalue weighted by Gasteiger charge is 2.28. The monoisotopic (exact) mass is 256 g/mol. The third-order valence-corrected chi connectivity index (χ3v) is 3.30. The van der Waals surface area contributed by atoms with Crippen LogP contribution in [0, 0.1) is 5.92 Å². The van der Waals surface area contributed by atoms with E-state index in [2.05, 4.69) is 0 Å². The van der Waals surface area contributed by atoms with Crippen LogP contribution in [0.3, 0.4) is 0 Å². The molecule has 104 valence electrons. The van der Waals surface area contributed by atoms with Crippen molar-refractivity contribution in [3.63, 3.8) is 0 Å². The predicted octanol–water partition coefficient (Wildman–Crippen LogP) is 0.740. The molecular formula is C13H24N2O3. The molecule has 1 unspecified atom stereocenters. The molecule has 0 aromatic carbocycles. The van der Waals surface area contributed by atoms with Crippen LogP contribution < -0.4 is 0 Å². The summed E-state index contributed by atoms with van der Waals surface area (Å²) in [6.07, 6.45) is 3.06. The van der Waals surface area contributed by atoms with E-state index < -0.39 is 0 Å².